The summed E-state index contributed by atoms with van der Waals surface area (Å²) in [6, 6.07) is 15.8. The van der Waals surface area contributed by atoms with Crippen LogP contribution in [0.2, 0.25) is 0 Å². The Hall–Kier alpha value is -2.97. The van der Waals surface area contributed by atoms with Crippen LogP contribution in [0.4, 0.5) is 5.82 Å². The van der Waals surface area contributed by atoms with Crippen molar-refractivity contribution >= 4 is 51.7 Å². The molecule has 0 radical (unpaired) electrons. The largest absolute Gasteiger partial charge is 0.369 e. The minimum absolute atomic E-state index is 0.107. The van der Waals surface area contributed by atoms with Gasteiger partial charge in [-0.3, -0.25) is 18.9 Å². The molecule has 33 heavy (non-hydrogen) atoms. The summed E-state index contributed by atoms with van der Waals surface area (Å²) in [5, 5.41) is 3.33. The molecule has 168 valence electrons. The van der Waals surface area contributed by atoms with Crippen molar-refractivity contribution in [3.8, 4) is 0 Å². The van der Waals surface area contributed by atoms with Gasteiger partial charge < -0.3 is 5.32 Å². The highest BCUT2D eigenvalue weighted by molar-refractivity contribution is 8.26. The van der Waals surface area contributed by atoms with Crippen LogP contribution in [0.5, 0.6) is 0 Å². The fourth-order valence-corrected chi connectivity index (χ4v) is 5.81. The standard InChI is InChI=1S/C25H24N4O2S2/c30-23-19(16-20-24(31)29(25(32)33-20)18-10-4-5-11-18)22(27-21-12-6-7-15-28(21)23)26-14-13-17-8-2-1-3-9-17/h1-3,6-9,12,15-16,18,26H,4-5,10-11,13-14H2. The molecule has 0 spiro atoms. The fourth-order valence-electron chi connectivity index (χ4n) is 4.43. The van der Waals surface area contributed by atoms with Gasteiger partial charge in [-0.25, -0.2) is 4.98 Å². The SMILES string of the molecule is O=C1C(=Cc2c(NCCc3ccccc3)nc3ccccn3c2=O)SC(=S)N1C1CCCC1. The van der Waals surface area contributed by atoms with Gasteiger partial charge in [-0.1, -0.05) is 73.2 Å². The van der Waals surface area contributed by atoms with Crippen LogP contribution in [0.25, 0.3) is 11.7 Å². The van der Waals surface area contributed by atoms with Gasteiger partial charge in [0.15, 0.2) is 0 Å². The van der Waals surface area contributed by atoms with E-state index < -0.39 is 0 Å². The van der Waals surface area contributed by atoms with Crippen molar-refractivity contribution in [1.29, 1.82) is 0 Å². The summed E-state index contributed by atoms with van der Waals surface area (Å²) in [4.78, 5) is 33.5. The molecule has 1 saturated carbocycles. The third-order valence-electron chi connectivity index (χ3n) is 6.11. The van der Waals surface area contributed by atoms with E-state index >= 15 is 0 Å². The number of hydrogen-bond donors (Lipinski definition) is 1. The third kappa shape index (κ3) is 4.45. The summed E-state index contributed by atoms with van der Waals surface area (Å²) in [6.45, 7) is 0.614. The van der Waals surface area contributed by atoms with Crippen molar-refractivity contribution in [2.24, 2.45) is 0 Å². The van der Waals surface area contributed by atoms with Gasteiger partial charge in [-0.05, 0) is 43.0 Å². The van der Waals surface area contributed by atoms with Crippen LogP contribution in [0.15, 0.2) is 64.4 Å². The molecule has 1 amide bonds. The number of rotatable bonds is 6. The van der Waals surface area contributed by atoms with E-state index in [0.717, 1.165) is 32.1 Å². The lowest BCUT2D eigenvalue weighted by atomic mass is 10.1. The van der Waals surface area contributed by atoms with Gasteiger partial charge in [-0.2, -0.15) is 0 Å². The van der Waals surface area contributed by atoms with Gasteiger partial charge in [0.2, 0.25) is 0 Å². The summed E-state index contributed by atoms with van der Waals surface area (Å²) in [5.41, 5.74) is 1.91. The molecule has 1 aliphatic heterocycles. The molecule has 1 N–H and O–H groups in total. The predicted molar refractivity (Wildman–Crippen MR) is 137 cm³/mol. The highest BCUT2D eigenvalue weighted by atomic mass is 32.2. The number of hydrogen-bond acceptors (Lipinski definition) is 6. The molecule has 2 fully saturated rings. The van der Waals surface area contributed by atoms with Crippen LogP contribution in [0.1, 0.15) is 36.8 Å². The summed E-state index contributed by atoms with van der Waals surface area (Å²) < 4.78 is 2.08. The zero-order valence-electron chi connectivity index (χ0n) is 18.1. The quantitative estimate of drug-likeness (QED) is 0.418. The van der Waals surface area contributed by atoms with E-state index in [9.17, 15) is 9.59 Å². The highest BCUT2D eigenvalue weighted by Crippen LogP contribution is 2.38. The summed E-state index contributed by atoms with van der Waals surface area (Å²) >= 11 is 6.80. The zero-order chi connectivity index (χ0) is 22.8. The molecule has 0 atom stereocenters. The number of fused-ring (bicyclic) bond motifs is 1. The minimum Gasteiger partial charge on any atom is -0.369 e. The summed E-state index contributed by atoms with van der Waals surface area (Å²) in [7, 11) is 0. The van der Waals surface area contributed by atoms with E-state index in [0.29, 0.717) is 32.8 Å². The lowest BCUT2D eigenvalue weighted by Gasteiger charge is -2.21. The van der Waals surface area contributed by atoms with Crippen molar-refractivity contribution < 1.29 is 4.79 Å². The van der Waals surface area contributed by atoms with Crippen LogP contribution in [-0.2, 0) is 11.2 Å². The van der Waals surface area contributed by atoms with Gasteiger partial charge in [0, 0.05) is 18.8 Å². The molecule has 0 unspecified atom stereocenters. The summed E-state index contributed by atoms with van der Waals surface area (Å²) in [6.07, 6.45) is 8.34. The average molecular weight is 477 g/mol. The van der Waals surface area contributed by atoms with Crippen LogP contribution >= 0.6 is 24.0 Å². The van der Waals surface area contributed by atoms with Crippen molar-refractivity contribution in [3.63, 3.8) is 0 Å². The van der Waals surface area contributed by atoms with E-state index in [1.54, 1.807) is 29.3 Å². The van der Waals surface area contributed by atoms with E-state index in [4.69, 9.17) is 17.2 Å². The molecule has 1 aliphatic carbocycles. The van der Waals surface area contributed by atoms with Crippen LogP contribution in [0.3, 0.4) is 0 Å². The monoisotopic (exact) mass is 476 g/mol. The molecule has 1 aromatic carbocycles. The molecule has 2 aliphatic rings. The Kier molecular flexibility index (Phi) is 6.28. The Morgan fingerprint density at radius 3 is 2.64 bits per heavy atom. The Bertz CT molecular complexity index is 1300. The van der Waals surface area contributed by atoms with Gasteiger partial charge >= 0.3 is 0 Å². The van der Waals surface area contributed by atoms with Crippen LogP contribution in [0, 0.1) is 0 Å². The first-order chi connectivity index (χ1) is 16.1. The summed E-state index contributed by atoms with van der Waals surface area (Å²) in [5.74, 6) is 0.373. The lowest BCUT2D eigenvalue weighted by Crippen LogP contribution is -2.36. The number of carbonyl (C=O) groups excluding carboxylic acids is 1. The number of nitrogens with one attached hydrogen (secondary N) is 1. The molecule has 1 saturated heterocycles. The maximum Gasteiger partial charge on any atom is 0.267 e. The average Bonchev–Trinajstić information content (AvgIpc) is 3.44. The van der Waals surface area contributed by atoms with E-state index in [1.165, 1.54) is 21.7 Å². The van der Waals surface area contributed by atoms with E-state index in [-0.39, 0.29) is 17.5 Å². The maximum absolute atomic E-state index is 13.4. The molecule has 8 heteroatoms. The van der Waals surface area contributed by atoms with Crippen molar-refractivity contribution in [2.45, 2.75) is 38.1 Å². The number of benzene rings is 1. The predicted octanol–water partition coefficient (Wildman–Crippen LogP) is 4.49. The second kappa shape index (κ2) is 9.49. The van der Waals surface area contributed by atoms with Gasteiger partial charge in [0.1, 0.15) is 15.8 Å². The normalized spacial score (nSPS) is 18.1. The molecular weight excluding hydrogens is 452 g/mol. The second-order valence-corrected chi connectivity index (χ2v) is 9.94. The Morgan fingerprint density at radius 1 is 1.09 bits per heavy atom. The van der Waals surface area contributed by atoms with Gasteiger partial charge in [0.25, 0.3) is 11.5 Å². The smallest absolute Gasteiger partial charge is 0.267 e. The Labute approximate surface area is 201 Å². The number of pyridine rings is 1. The van der Waals surface area contributed by atoms with Crippen molar-refractivity contribution in [3.05, 3.63) is 81.1 Å². The first-order valence-corrected chi connectivity index (χ1v) is 12.4. The fraction of sp³-hybridized carbons (Fsp3) is 0.280. The van der Waals surface area contributed by atoms with Gasteiger partial charge in [0.05, 0.1) is 10.5 Å². The first-order valence-electron chi connectivity index (χ1n) is 11.2. The molecule has 0 bridgehead atoms. The Balaban J connectivity index is 1.49. The van der Waals surface area contributed by atoms with Crippen molar-refractivity contribution in [2.75, 3.05) is 11.9 Å². The molecule has 3 aromatic rings. The van der Waals surface area contributed by atoms with E-state index in [2.05, 4.69) is 17.4 Å². The highest BCUT2D eigenvalue weighted by Gasteiger charge is 2.38. The van der Waals surface area contributed by atoms with Crippen molar-refractivity contribution in [1.82, 2.24) is 14.3 Å². The zero-order valence-corrected chi connectivity index (χ0v) is 19.7. The number of aromatic nitrogens is 2. The first kappa shape index (κ1) is 21.9. The number of nitrogens with zero attached hydrogens (tertiary/aromatic N) is 3. The molecule has 5 rings (SSSR count). The number of amides is 1. The van der Waals surface area contributed by atoms with Crippen LogP contribution < -0.4 is 10.9 Å². The maximum atomic E-state index is 13.4. The second-order valence-electron chi connectivity index (χ2n) is 8.26. The number of carbonyl (C=O) groups is 1. The lowest BCUT2D eigenvalue weighted by molar-refractivity contribution is -0.123. The Morgan fingerprint density at radius 2 is 1.85 bits per heavy atom. The molecule has 2 aromatic heterocycles. The van der Waals surface area contributed by atoms with E-state index in [1.807, 2.05) is 24.3 Å². The molecule has 6 nitrogen and oxygen atoms in total. The molecule has 3 heterocycles. The third-order valence-corrected chi connectivity index (χ3v) is 7.44. The minimum atomic E-state index is -0.214. The van der Waals surface area contributed by atoms with Crippen LogP contribution in [-0.4, -0.2) is 37.1 Å². The molecular formula is C25H24N4O2S2. The van der Waals surface area contributed by atoms with Gasteiger partial charge in [-0.15, -0.1) is 0 Å². The number of thioether (sulfide) groups is 1. The number of thiocarbonyl (C=S) groups is 1. The number of anilines is 1. The topological polar surface area (TPSA) is 66.7 Å².